The zero-order valence-electron chi connectivity index (χ0n) is 7.88. The predicted molar refractivity (Wildman–Crippen MR) is 61.0 cm³/mol. The fourth-order valence-corrected chi connectivity index (χ4v) is 2.14. The van der Waals surface area contributed by atoms with E-state index >= 15 is 0 Å². The van der Waals surface area contributed by atoms with Crippen LogP contribution < -0.4 is 5.32 Å². The Morgan fingerprint density at radius 1 is 1.53 bits per heavy atom. The van der Waals surface area contributed by atoms with E-state index in [2.05, 4.69) is 37.9 Å². The van der Waals surface area contributed by atoms with Crippen LogP contribution in [0.1, 0.15) is 19.3 Å². The van der Waals surface area contributed by atoms with Gasteiger partial charge in [-0.25, -0.2) is 18.7 Å². The Morgan fingerprint density at radius 2 is 2.33 bits per heavy atom. The average Bonchev–Trinajstić information content (AvgIpc) is 2.50. The summed E-state index contributed by atoms with van der Waals surface area (Å²) in [5, 5.41) is 3.03. The van der Waals surface area contributed by atoms with E-state index in [-0.39, 0.29) is 18.9 Å². The van der Waals surface area contributed by atoms with E-state index in [0.29, 0.717) is 12.2 Å². The summed E-state index contributed by atoms with van der Waals surface area (Å²) in [7, 11) is 0. The first-order valence-electron chi connectivity index (χ1n) is 4.67. The molecular weight excluding hydrogens is 315 g/mol. The maximum absolute atomic E-state index is 12.9. The van der Waals surface area contributed by atoms with Crippen LogP contribution in [0.4, 0.5) is 14.6 Å². The minimum atomic E-state index is -2.52. The fraction of sp³-hybridized carbons (Fsp3) is 0.556. The van der Waals surface area contributed by atoms with Crippen molar-refractivity contribution in [3.63, 3.8) is 0 Å². The summed E-state index contributed by atoms with van der Waals surface area (Å²) < 4.78 is 26.7. The van der Waals surface area contributed by atoms with Gasteiger partial charge in [0.05, 0.1) is 3.57 Å². The third-order valence-electron chi connectivity index (χ3n) is 2.41. The van der Waals surface area contributed by atoms with Crippen LogP contribution in [0.15, 0.2) is 12.5 Å². The molecule has 6 heteroatoms. The van der Waals surface area contributed by atoms with Crippen molar-refractivity contribution in [3.05, 3.63) is 16.1 Å². The van der Waals surface area contributed by atoms with Gasteiger partial charge in [-0.05, 0) is 29.0 Å². The quantitative estimate of drug-likeness (QED) is 0.850. The van der Waals surface area contributed by atoms with Crippen molar-refractivity contribution >= 4 is 28.4 Å². The first-order chi connectivity index (χ1) is 7.07. The van der Waals surface area contributed by atoms with Gasteiger partial charge in [-0.1, -0.05) is 0 Å². The summed E-state index contributed by atoms with van der Waals surface area (Å²) in [4.78, 5) is 7.86. The van der Waals surface area contributed by atoms with Crippen molar-refractivity contribution in [2.45, 2.75) is 31.2 Å². The molecule has 1 aliphatic carbocycles. The molecule has 1 fully saturated rings. The Labute approximate surface area is 99.8 Å². The van der Waals surface area contributed by atoms with E-state index in [4.69, 9.17) is 0 Å². The molecule has 1 heterocycles. The van der Waals surface area contributed by atoms with Crippen LogP contribution in [0.3, 0.4) is 0 Å². The first-order valence-corrected chi connectivity index (χ1v) is 5.74. The van der Waals surface area contributed by atoms with Gasteiger partial charge in [0, 0.05) is 25.1 Å². The predicted octanol–water partition coefficient (Wildman–Crippen LogP) is 2.68. The lowest BCUT2D eigenvalue weighted by Crippen LogP contribution is -2.20. The standard InChI is InChI=1S/C9H10F2IN3/c10-9(11)2-1-6(3-9)15-8-7(12)4-13-5-14-8/h4-6H,1-3H2,(H,13,14,15). The number of anilines is 1. The van der Waals surface area contributed by atoms with Crippen molar-refractivity contribution in [1.29, 1.82) is 0 Å². The highest BCUT2D eigenvalue weighted by Gasteiger charge is 2.39. The minimum absolute atomic E-state index is 0.0354. The third kappa shape index (κ3) is 2.73. The van der Waals surface area contributed by atoms with E-state index < -0.39 is 5.92 Å². The van der Waals surface area contributed by atoms with Crippen LogP contribution >= 0.6 is 22.6 Å². The first kappa shape index (κ1) is 11.0. The summed E-state index contributed by atoms with van der Waals surface area (Å²) in [6.07, 6.45) is 3.42. The maximum atomic E-state index is 12.9. The molecule has 1 aromatic heterocycles. The second-order valence-electron chi connectivity index (χ2n) is 3.66. The van der Waals surface area contributed by atoms with E-state index in [0.717, 1.165) is 3.57 Å². The van der Waals surface area contributed by atoms with E-state index in [1.54, 1.807) is 6.20 Å². The maximum Gasteiger partial charge on any atom is 0.250 e. The lowest BCUT2D eigenvalue weighted by atomic mass is 10.2. The number of alkyl halides is 2. The topological polar surface area (TPSA) is 37.8 Å². The monoisotopic (exact) mass is 325 g/mol. The van der Waals surface area contributed by atoms with Gasteiger partial charge >= 0.3 is 0 Å². The molecule has 1 saturated carbocycles. The molecule has 1 atom stereocenters. The van der Waals surface area contributed by atoms with Crippen molar-refractivity contribution < 1.29 is 8.78 Å². The molecule has 1 aliphatic rings. The number of halogens is 3. The van der Waals surface area contributed by atoms with E-state index in [1.165, 1.54) is 6.33 Å². The largest absolute Gasteiger partial charge is 0.366 e. The molecule has 1 unspecified atom stereocenters. The number of aromatic nitrogens is 2. The summed E-state index contributed by atoms with van der Waals surface area (Å²) >= 11 is 2.08. The summed E-state index contributed by atoms with van der Waals surface area (Å²) in [6.45, 7) is 0. The third-order valence-corrected chi connectivity index (χ3v) is 3.20. The number of nitrogens with one attached hydrogen (secondary N) is 1. The molecule has 1 aromatic rings. The van der Waals surface area contributed by atoms with Gasteiger partial charge in [0.2, 0.25) is 5.92 Å². The Kier molecular flexibility index (Phi) is 3.03. The fourth-order valence-electron chi connectivity index (χ4n) is 1.69. The summed E-state index contributed by atoms with van der Waals surface area (Å²) in [5.74, 6) is -1.87. The molecule has 0 spiro atoms. The highest BCUT2D eigenvalue weighted by molar-refractivity contribution is 14.1. The molecule has 0 amide bonds. The van der Waals surface area contributed by atoms with Crippen molar-refractivity contribution in [3.8, 4) is 0 Å². The van der Waals surface area contributed by atoms with Crippen molar-refractivity contribution in [1.82, 2.24) is 9.97 Å². The molecule has 0 aliphatic heterocycles. The van der Waals surface area contributed by atoms with Crippen LogP contribution in [0, 0.1) is 3.57 Å². The van der Waals surface area contributed by atoms with Crippen LogP contribution in [0.25, 0.3) is 0 Å². The molecule has 3 nitrogen and oxygen atoms in total. The Hall–Kier alpha value is -0.530. The molecule has 15 heavy (non-hydrogen) atoms. The van der Waals surface area contributed by atoms with Gasteiger partial charge in [-0.2, -0.15) is 0 Å². The molecule has 2 rings (SSSR count). The van der Waals surface area contributed by atoms with E-state index in [1.807, 2.05) is 0 Å². The lowest BCUT2D eigenvalue weighted by molar-refractivity contribution is 0.00852. The molecule has 1 N–H and O–H groups in total. The Bertz CT molecular complexity index is 359. The average molecular weight is 325 g/mol. The molecule has 0 bridgehead atoms. The van der Waals surface area contributed by atoms with Crippen LogP contribution in [-0.4, -0.2) is 21.9 Å². The van der Waals surface area contributed by atoms with Crippen molar-refractivity contribution in [2.24, 2.45) is 0 Å². The van der Waals surface area contributed by atoms with E-state index in [9.17, 15) is 8.78 Å². The van der Waals surface area contributed by atoms with Gasteiger partial charge < -0.3 is 5.32 Å². The molecule has 0 saturated heterocycles. The van der Waals surface area contributed by atoms with Crippen LogP contribution in [0.2, 0.25) is 0 Å². The van der Waals surface area contributed by atoms with Gasteiger partial charge in [0.25, 0.3) is 0 Å². The van der Waals surface area contributed by atoms with Crippen molar-refractivity contribution in [2.75, 3.05) is 5.32 Å². The van der Waals surface area contributed by atoms with Crippen LogP contribution in [0.5, 0.6) is 0 Å². The second kappa shape index (κ2) is 4.15. The second-order valence-corrected chi connectivity index (χ2v) is 4.82. The summed E-state index contributed by atoms with van der Waals surface area (Å²) in [6, 6.07) is -0.177. The highest BCUT2D eigenvalue weighted by Crippen LogP contribution is 2.36. The molecule has 82 valence electrons. The van der Waals surface area contributed by atoms with Gasteiger partial charge in [0.15, 0.2) is 0 Å². The smallest absolute Gasteiger partial charge is 0.250 e. The minimum Gasteiger partial charge on any atom is -0.366 e. The van der Waals surface area contributed by atoms with Gasteiger partial charge in [-0.15, -0.1) is 0 Å². The number of nitrogens with zero attached hydrogens (tertiary/aromatic N) is 2. The Balaban J connectivity index is 2.02. The zero-order chi connectivity index (χ0) is 10.9. The lowest BCUT2D eigenvalue weighted by Gasteiger charge is -2.14. The number of hydrogen-bond donors (Lipinski definition) is 1. The van der Waals surface area contributed by atoms with Crippen LogP contribution in [-0.2, 0) is 0 Å². The molecule has 0 aromatic carbocycles. The Morgan fingerprint density at radius 3 is 2.93 bits per heavy atom. The number of hydrogen-bond acceptors (Lipinski definition) is 3. The SMILES string of the molecule is FC1(F)CCC(Nc2ncncc2I)C1. The normalized spacial score (nSPS) is 24.1. The number of rotatable bonds is 2. The summed E-state index contributed by atoms with van der Waals surface area (Å²) in [5.41, 5.74) is 0. The highest BCUT2D eigenvalue weighted by atomic mass is 127. The zero-order valence-corrected chi connectivity index (χ0v) is 10.0. The van der Waals surface area contributed by atoms with Gasteiger partial charge in [-0.3, -0.25) is 0 Å². The molecular formula is C9H10F2IN3. The van der Waals surface area contributed by atoms with Gasteiger partial charge in [0.1, 0.15) is 12.1 Å². The molecule has 0 radical (unpaired) electrons.